The summed E-state index contributed by atoms with van der Waals surface area (Å²) in [5.74, 6) is 0.114. The van der Waals surface area contributed by atoms with E-state index in [4.69, 9.17) is 9.57 Å². The largest absolute Gasteiger partial charge is 0.573 e. The van der Waals surface area contributed by atoms with Crippen LogP contribution in [0.1, 0.15) is 24.4 Å². The van der Waals surface area contributed by atoms with Gasteiger partial charge < -0.3 is 19.6 Å². The molecule has 1 N–H and O–H groups in total. The van der Waals surface area contributed by atoms with E-state index in [1.807, 2.05) is 30.3 Å². The van der Waals surface area contributed by atoms with E-state index in [-0.39, 0.29) is 23.6 Å². The van der Waals surface area contributed by atoms with Gasteiger partial charge >= 0.3 is 6.36 Å². The van der Waals surface area contributed by atoms with Crippen LogP contribution in [0.2, 0.25) is 0 Å². The number of nitrogens with zero attached hydrogens (tertiary/aromatic N) is 1. The van der Waals surface area contributed by atoms with Crippen molar-refractivity contribution in [1.82, 2.24) is 10.4 Å². The monoisotopic (exact) mass is 396 g/mol. The minimum atomic E-state index is -4.77. The maximum atomic E-state index is 12.5. The van der Waals surface area contributed by atoms with E-state index in [0.29, 0.717) is 5.75 Å². The summed E-state index contributed by atoms with van der Waals surface area (Å²) in [6.07, 6.45) is -2.93. The average molecular weight is 396 g/mol. The summed E-state index contributed by atoms with van der Waals surface area (Å²) in [5, 5.41) is 5.16. The molecule has 3 rings (SSSR count). The molecule has 152 valence electrons. The molecule has 1 aliphatic heterocycles. The molecule has 1 aliphatic rings. The molecule has 1 fully saturated rings. The average Bonchev–Trinajstić information content (AvgIpc) is 2.67. The zero-order valence-corrected chi connectivity index (χ0v) is 15.7. The first kappa shape index (κ1) is 20.3. The molecule has 8 heteroatoms. The minimum Gasteiger partial charge on any atom is -0.493 e. The Morgan fingerprint density at radius 1 is 1.07 bits per heavy atom. The highest BCUT2D eigenvalue weighted by atomic mass is 19.4. The van der Waals surface area contributed by atoms with Crippen molar-refractivity contribution in [1.29, 1.82) is 0 Å². The second-order valence-electron chi connectivity index (χ2n) is 6.55. The Morgan fingerprint density at radius 3 is 2.50 bits per heavy atom. The number of hydroxylamine groups is 2. The molecule has 28 heavy (non-hydrogen) atoms. The number of piperidine rings is 1. The molecule has 2 unspecified atom stereocenters. The SMILES string of the molecule is COc1ccc(OC(F)(F)F)cc1ON(C)C1CCCNC1c1ccccc1. The second-order valence-corrected chi connectivity index (χ2v) is 6.55. The van der Waals surface area contributed by atoms with Gasteiger partial charge in [-0.3, -0.25) is 0 Å². The van der Waals surface area contributed by atoms with Crippen LogP contribution in [-0.2, 0) is 0 Å². The third kappa shape index (κ3) is 5.08. The summed E-state index contributed by atoms with van der Waals surface area (Å²) in [6.45, 7) is 0.891. The number of likely N-dealkylation sites (N-methyl/N-ethyl adjacent to an activating group) is 1. The molecule has 0 aromatic heterocycles. The van der Waals surface area contributed by atoms with Crippen LogP contribution in [-0.4, -0.2) is 38.2 Å². The maximum absolute atomic E-state index is 12.5. The quantitative estimate of drug-likeness (QED) is 0.737. The summed E-state index contributed by atoms with van der Waals surface area (Å²) in [7, 11) is 3.20. The van der Waals surface area contributed by atoms with E-state index in [1.165, 1.54) is 25.3 Å². The number of alkyl halides is 3. The van der Waals surface area contributed by atoms with Crippen molar-refractivity contribution in [3.05, 3.63) is 54.1 Å². The molecule has 5 nitrogen and oxygen atoms in total. The summed E-state index contributed by atoms with van der Waals surface area (Å²) in [6, 6.07) is 13.8. The Balaban J connectivity index is 1.80. The smallest absolute Gasteiger partial charge is 0.493 e. The Hall–Kier alpha value is -2.45. The zero-order valence-electron chi connectivity index (χ0n) is 15.7. The molecule has 2 atom stereocenters. The summed E-state index contributed by atoms with van der Waals surface area (Å²) < 4.78 is 46.8. The van der Waals surface area contributed by atoms with Gasteiger partial charge in [0.05, 0.1) is 19.2 Å². The molecule has 2 aromatic rings. The van der Waals surface area contributed by atoms with Crippen molar-refractivity contribution < 1.29 is 27.5 Å². The molecule has 0 radical (unpaired) electrons. The van der Waals surface area contributed by atoms with E-state index in [0.717, 1.165) is 24.9 Å². The topological polar surface area (TPSA) is 43.0 Å². The Morgan fingerprint density at radius 2 is 1.82 bits per heavy atom. The van der Waals surface area contributed by atoms with Crippen molar-refractivity contribution in [2.45, 2.75) is 31.3 Å². The molecule has 1 saturated heterocycles. The highest BCUT2D eigenvalue weighted by Gasteiger charge is 2.33. The normalized spacial score (nSPS) is 20.1. The van der Waals surface area contributed by atoms with Crippen LogP contribution in [0.5, 0.6) is 17.2 Å². The van der Waals surface area contributed by atoms with Crippen LogP contribution in [0.25, 0.3) is 0 Å². The van der Waals surface area contributed by atoms with Gasteiger partial charge in [0.15, 0.2) is 11.5 Å². The standard InChI is InChI=1S/C20H23F3N2O3/c1-25(16-9-6-12-24-19(16)14-7-4-3-5-8-14)28-18-13-15(27-20(21,22)23)10-11-17(18)26-2/h3-5,7-8,10-11,13,16,19,24H,6,9,12H2,1-2H3. The number of hydrogen-bond donors (Lipinski definition) is 1. The van der Waals surface area contributed by atoms with Crippen LogP contribution in [0.15, 0.2) is 48.5 Å². The lowest BCUT2D eigenvalue weighted by Gasteiger charge is -2.38. The van der Waals surface area contributed by atoms with Gasteiger partial charge in [0, 0.05) is 13.1 Å². The van der Waals surface area contributed by atoms with Gasteiger partial charge in [-0.05, 0) is 37.1 Å². The van der Waals surface area contributed by atoms with Crippen molar-refractivity contribution in [3.63, 3.8) is 0 Å². The zero-order chi connectivity index (χ0) is 20.1. The fourth-order valence-corrected chi connectivity index (χ4v) is 3.41. The van der Waals surface area contributed by atoms with Crippen molar-refractivity contribution in [3.8, 4) is 17.2 Å². The number of nitrogens with one attached hydrogen (secondary N) is 1. The number of ether oxygens (including phenoxy) is 2. The van der Waals surface area contributed by atoms with Gasteiger partial charge in [0.1, 0.15) is 5.75 Å². The summed E-state index contributed by atoms with van der Waals surface area (Å²) in [5.41, 5.74) is 1.13. The number of halogens is 3. The molecule has 0 aliphatic carbocycles. The summed E-state index contributed by atoms with van der Waals surface area (Å²) in [4.78, 5) is 5.90. The summed E-state index contributed by atoms with van der Waals surface area (Å²) >= 11 is 0. The number of benzene rings is 2. The van der Waals surface area contributed by atoms with E-state index < -0.39 is 6.36 Å². The number of hydrogen-bond acceptors (Lipinski definition) is 5. The van der Waals surface area contributed by atoms with Gasteiger partial charge in [0.2, 0.25) is 0 Å². The van der Waals surface area contributed by atoms with Gasteiger partial charge in [-0.1, -0.05) is 30.3 Å². The fraction of sp³-hybridized carbons (Fsp3) is 0.400. The molecular formula is C20H23F3N2O3. The van der Waals surface area contributed by atoms with Crippen molar-refractivity contribution in [2.75, 3.05) is 20.7 Å². The second kappa shape index (κ2) is 8.70. The van der Waals surface area contributed by atoms with Gasteiger partial charge in [0.25, 0.3) is 0 Å². The molecule has 0 spiro atoms. The van der Waals surface area contributed by atoms with E-state index in [1.54, 1.807) is 12.1 Å². The fourth-order valence-electron chi connectivity index (χ4n) is 3.41. The van der Waals surface area contributed by atoms with Crippen molar-refractivity contribution in [2.24, 2.45) is 0 Å². The first-order chi connectivity index (χ1) is 13.4. The lowest BCUT2D eigenvalue weighted by Crippen LogP contribution is -2.48. The molecule has 1 heterocycles. The van der Waals surface area contributed by atoms with E-state index >= 15 is 0 Å². The van der Waals surface area contributed by atoms with Crippen LogP contribution in [0.3, 0.4) is 0 Å². The van der Waals surface area contributed by atoms with Gasteiger partial charge in [-0.15, -0.1) is 18.2 Å². The predicted octanol–water partition coefficient (Wildman–Crippen LogP) is 4.31. The molecule has 0 bridgehead atoms. The Kier molecular flexibility index (Phi) is 6.31. The Labute approximate surface area is 162 Å². The lowest BCUT2D eigenvalue weighted by molar-refractivity contribution is -0.274. The minimum absolute atomic E-state index is 0.00644. The number of rotatable bonds is 6. The van der Waals surface area contributed by atoms with E-state index in [2.05, 4.69) is 10.1 Å². The first-order valence-electron chi connectivity index (χ1n) is 9.00. The number of methoxy groups -OCH3 is 1. The Bertz CT molecular complexity index is 771. The van der Waals surface area contributed by atoms with E-state index in [9.17, 15) is 13.2 Å². The highest BCUT2D eigenvalue weighted by molar-refractivity contribution is 5.45. The third-order valence-corrected chi connectivity index (χ3v) is 4.66. The van der Waals surface area contributed by atoms with Gasteiger partial charge in [-0.25, -0.2) is 0 Å². The third-order valence-electron chi connectivity index (χ3n) is 4.66. The molecule has 2 aromatic carbocycles. The van der Waals surface area contributed by atoms with Crippen LogP contribution >= 0.6 is 0 Å². The maximum Gasteiger partial charge on any atom is 0.573 e. The lowest BCUT2D eigenvalue weighted by atomic mass is 9.92. The van der Waals surface area contributed by atoms with Gasteiger partial charge in [-0.2, -0.15) is 0 Å². The predicted molar refractivity (Wildman–Crippen MR) is 98.3 cm³/mol. The van der Waals surface area contributed by atoms with Crippen molar-refractivity contribution >= 4 is 0 Å². The first-order valence-corrected chi connectivity index (χ1v) is 9.00. The molecule has 0 saturated carbocycles. The van der Waals surface area contributed by atoms with Crippen LogP contribution in [0.4, 0.5) is 13.2 Å². The van der Waals surface area contributed by atoms with Crippen LogP contribution in [0, 0.1) is 0 Å². The van der Waals surface area contributed by atoms with Crippen LogP contribution < -0.4 is 19.6 Å². The molecule has 0 amide bonds. The highest BCUT2D eigenvalue weighted by Crippen LogP contribution is 2.35. The molecular weight excluding hydrogens is 373 g/mol.